The number of allylic oxidation sites excluding steroid dienone is 1. The van der Waals surface area contributed by atoms with Gasteiger partial charge in [0.2, 0.25) is 11.8 Å². The molecule has 1 unspecified atom stereocenters. The molecule has 2 aromatic heterocycles. The second-order valence-electron chi connectivity index (χ2n) is 7.90. The van der Waals surface area contributed by atoms with Crippen LogP contribution in [-0.4, -0.2) is 38.2 Å². The smallest absolute Gasteiger partial charge is 0.311 e. The highest BCUT2D eigenvalue weighted by atomic mass is 32.1. The average molecular weight is 447 g/mol. The van der Waals surface area contributed by atoms with Crippen LogP contribution in [0.4, 0.5) is 5.69 Å². The van der Waals surface area contributed by atoms with Crippen LogP contribution in [-0.2, 0) is 11.3 Å². The number of fused-ring (bicyclic) bond motifs is 1. The normalized spacial score (nSPS) is 18.8. The number of aromatic nitrogens is 2. The molecular formula is C24H22N4O3S. The van der Waals surface area contributed by atoms with Gasteiger partial charge in [-0.2, -0.15) is 0 Å². The highest BCUT2D eigenvalue weighted by Crippen LogP contribution is 2.35. The number of likely N-dealkylation sites (tertiary alicyclic amines) is 1. The van der Waals surface area contributed by atoms with Crippen molar-refractivity contribution in [1.29, 1.82) is 0 Å². The number of carbonyl (C=O) groups excluding carboxylic acids is 1. The lowest BCUT2D eigenvalue weighted by molar-refractivity contribution is -0.135. The van der Waals surface area contributed by atoms with Gasteiger partial charge in [-0.1, -0.05) is 35.6 Å². The SMILES string of the molecule is O=C(Cn1c(O)c(C=C2C=Nc3ccccc32)sc1=O)N1CCCCC1c1cccnc1. The predicted octanol–water partition coefficient (Wildman–Crippen LogP) is 4.02. The number of amides is 1. The number of thiazole rings is 1. The minimum absolute atomic E-state index is 0.0609. The molecule has 2 aliphatic rings. The molecule has 3 aromatic rings. The van der Waals surface area contributed by atoms with Crippen molar-refractivity contribution in [2.45, 2.75) is 31.8 Å². The van der Waals surface area contributed by atoms with Gasteiger partial charge in [0.1, 0.15) is 6.54 Å². The minimum Gasteiger partial charge on any atom is -0.493 e. The number of para-hydroxylation sites is 1. The third kappa shape index (κ3) is 3.78. The van der Waals surface area contributed by atoms with Crippen LogP contribution < -0.4 is 4.87 Å². The van der Waals surface area contributed by atoms with Crippen molar-refractivity contribution in [1.82, 2.24) is 14.5 Å². The van der Waals surface area contributed by atoms with Crippen molar-refractivity contribution >= 4 is 40.8 Å². The summed E-state index contributed by atoms with van der Waals surface area (Å²) < 4.78 is 1.16. The Morgan fingerprint density at radius 1 is 1.22 bits per heavy atom. The molecule has 1 amide bonds. The van der Waals surface area contributed by atoms with E-state index in [1.807, 2.05) is 41.3 Å². The van der Waals surface area contributed by atoms with Gasteiger partial charge in [0.15, 0.2) is 0 Å². The first-order valence-corrected chi connectivity index (χ1v) is 11.4. The number of hydrogen-bond donors (Lipinski definition) is 1. The Balaban J connectivity index is 1.40. The number of benzene rings is 1. The van der Waals surface area contributed by atoms with E-state index >= 15 is 0 Å². The van der Waals surface area contributed by atoms with Gasteiger partial charge in [0.05, 0.1) is 16.6 Å². The molecule has 32 heavy (non-hydrogen) atoms. The van der Waals surface area contributed by atoms with Gasteiger partial charge < -0.3 is 10.0 Å². The van der Waals surface area contributed by atoms with Crippen molar-refractivity contribution in [3.05, 3.63) is 74.5 Å². The van der Waals surface area contributed by atoms with E-state index in [0.29, 0.717) is 11.4 Å². The molecular weight excluding hydrogens is 424 g/mol. The van der Waals surface area contributed by atoms with E-state index in [1.54, 1.807) is 24.7 Å². The number of aromatic hydroxyl groups is 1. The molecule has 0 spiro atoms. The fourth-order valence-electron chi connectivity index (χ4n) is 4.32. The molecule has 2 aliphatic heterocycles. The van der Waals surface area contributed by atoms with E-state index in [-0.39, 0.29) is 29.2 Å². The predicted molar refractivity (Wildman–Crippen MR) is 125 cm³/mol. The van der Waals surface area contributed by atoms with Gasteiger partial charge in [0, 0.05) is 36.3 Å². The third-order valence-corrected chi connectivity index (χ3v) is 6.84. The van der Waals surface area contributed by atoms with Crippen LogP contribution in [0.3, 0.4) is 0 Å². The molecule has 0 bridgehead atoms. The largest absolute Gasteiger partial charge is 0.493 e. The molecule has 1 fully saturated rings. The molecule has 7 nitrogen and oxygen atoms in total. The lowest BCUT2D eigenvalue weighted by Gasteiger charge is -2.36. The summed E-state index contributed by atoms with van der Waals surface area (Å²) in [4.78, 5) is 36.2. The Bertz CT molecular complexity index is 1280. The number of hydrogen-bond acceptors (Lipinski definition) is 6. The fourth-order valence-corrected chi connectivity index (χ4v) is 5.16. The number of rotatable bonds is 4. The van der Waals surface area contributed by atoms with Gasteiger partial charge in [-0.25, -0.2) is 0 Å². The van der Waals surface area contributed by atoms with Crippen molar-refractivity contribution in [3.8, 4) is 5.88 Å². The molecule has 0 saturated carbocycles. The zero-order valence-electron chi connectivity index (χ0n) is 17.3. The molecule has 1 atom stereocenters. The lowest BCUT2D eigenvalue weighted by atomic mass is 9.96. The van der Waals surface area contributed by atoms with Crippen LogP contribution in [0.25, 0.3) is 11.6 Å². The Labute approximate surface area is 189 Å². The lowest BCUT2D eigenvalue weighted by Crippen LogP contribution is -2.41. The van der Waals surface area contributed by atoms with Gasteiger partial charge in [0.25, 0.3) is 0 Å². The summed E-state index contributed by atoms with van der Waals surface area (Å²) in [7, 11) is 0. The molecule has 1 N–H and O–H groups in total. The van der Waals surface area contributed by atoms with E-state index in [0.717, 1.165) is 57.6 Å². The molecule has 1 aromatic carbocycles. The summed E-state index contributed by atoms with van der Waals surface area (Å²) in [6.07, 6.45) is 9.78. The fraction of sp³-hybridized carbons (Fsp3) is 0.250. The third-order valence-electron chi connectivity index (χ3n) is 5.92. The Morgan fingerprint density at radius 3 is 2.94 bits per heavy atom. The number of piperidine rings is 1. The maximum atomic E-state index is 13.2. The van der Waals surface area contributed by atoms with Crippen LogP contribution in [0, 0.1) is 0 Å². The van der Waals surface area contributed by atoms with Gasteiger partial charge >= 0.3 is 4.87 Å². The number of aliphatic imine (C=N–C) groups is 1. The minimum atomic E-state index is -0.360. The number of pyridine rings is 1. The molecule has 8 heteroatoms. The molecule has 0 aliphatic carbocycles. The molecule has 0 radical (unpaired) electrons. The second-order valence-corrected chi connectivity index (χ2v) is 8.90. The Hall–Kier alpha value is -3.52. The molecule has 4 heterocycles. The Kier molecular flexibility index (Phi) is 5.45. The molecule has 162 valence electrons. The first-order chi connectivity index (χ1) is 15.6. The average Bonchev–Trinajstić information content (AvgIpc) is 3.36. The van der Waals surface area contributed by atoms with Crippen LogP contribution in [0.2, 0.25) is 0 Å². The van der Waals surface area contributed by atoms with Crippen molar-refractivity contribution in [3.63, 3.8) is 0 Å². The van der Waals surface area contributed by atoms with Crippen LogP contribution in [0.1, 0.15) is 41.3 Å². The molecule has 5 rings (SSSR count). The van der Waals surface area contributed by atoms with Crippen LogP contribution in [0.15, 0.2) is 58.6 Å². The van der Waals surface area contributed by atoms with Crippen LogP contribution in [0.5, 0.6) is 5.88 Å². The monoisotopic (exact) mass is 446 g/mol. The van der Waals surface area contributed by atoms with E-state index in [1.165, 1.54) is 0 Å². The van der Waals surface area contributed by atoms with E-state index in [2.05, 4.69) is 9.98 Å². The summed E-state index contributed by atoms with van der Waals surface area (Å²) >= 11 is 0.927. The van der Waals surface area contributed by atoms with Crippen LogP contribution >= 0.6 is 11.3 Å². The van der Waals surface area contributed by atoms with Crippen molar-refractivity contribution < 1.29 is 9.90 Å². The second kappa shape index (κ2) is 8.55. The van der Waals surface area contributed by atoms with Crippen molar-refractivity contribution in [2.24, 2.45) is 4.99 Å². The zero-order valence-corrected chi connectivity index (χ0v) is 18.2. The van der Waals surface area contributed by atoms with Crippen molar-refractivity contribution in [2.75, 3.05) is 6.54 Å². The molecule has 1 saturated heterocycles. The maximum Gasteiger partial charge on any atom is 0.311 e. The quantitative estimate of drug-likeness (QED) is 0.656. The van der Waals surface area contributed by atoms with E-state index in [9.17, 15) is 14.7 Å². The first-order valence-electron chi connectivity index (χ1n) is 10.6. The van der Waals surface area contributed by atoms with Gasteiger partial charge in [-0.3, -0.25) is 24.1 Å². The van der Waals surface area contributed by atoms with E-state index in [4.69, 9.17) is 0 Å². The summed E-state index contributed by atoms with van der Waals surface area (Å²) in [6.45, 7) is 0.438. The standard InChI is InChI=1S/C24H22N4O3S/c29-22(27-11-4-3-9-20(27)16-6-5-10-25-13-16)15-28-23(30)21(32-24(28)31)12-17-14-26-19-8-2-1-7-18(17)19/h1-2,5-8,10,12-14,20,30H,3-4,9,11,15H2. The summed E-state index contributed by atoms with van der Waals surface area (Å²) in [5, 5.41) is 10.8. The Morgan fingerprint density at radius 2 is 2.09 bits per heavy atom. The zero-order chi connectivity index (χ0) is 22.1. The highest BCUT2D eigenvalue weighted by molar-refractivity contribution is 7.10. The number of nitrogens with zero attached hydrogens (tertiary/aromatic N) is 4. The van der Waals surface area contributed by atoms with E-state index < -0.39 is 0 Å². The highest BCUT2D eigenvalue weighted by Gasteiger charge is 2.29. The van der Waals surface area contributed by atoms with Gasteiger partial charge in [-0.15, -0.1) is 0 Å². The number of carbonyl (C=O) groups is 1. The van der Waals surface area contributed by atoms with Gasteiger partial charge in [-0.05, 0) is 43.0 Å². The summed E-state index contributed by atoms with van der Waals surface area (Å²) in [6, 6.07) is 11.5. The topological polar surface area (TPSA) is 87.8 Å². The summed E-state index contributed by atoms with van der Waals surface area (Å²) in [5.74, 6) is -0.366. The first kappa shape index (κ1) is 20.4. The maximum absolute atomic E-state index is 13.2. The summed E-state index contributed by atoms with van der Waals surface area (Å²) in [5.41, 5.74) is 3.62.